The molecule has 8 heteroatoms. The molecule has 0 atom stereocenters. The largest absolute Gasteiger partial charge is 0.492 e. The Morgan fingerprint density at radius 3 is 2.44 bits per heavy atom. The number of hydrogen-bond donors (Lipinski definition) is 2. The van der Waals surface area contributed by atoms with Gasteiger partial charge in [-0.3, -0.25) is 9.79 Å². The van der Waals surface area contributed by atoms with Gasteiger partial charge in [0.05, 0.1) is 13.1 Å². The van der Waals surface area contributed by atoms with Gasteiger partial charge in [0, 0.05) is 19.8 Å². The van der Waals surface area contributed by atoms with Crippen LogP contribution in [0.15, 0.2) is 59.6 Å². The Morgan fingerprint density at radius 2 is 1.81 bits per heavy atom. The lowest BCUT2D eigenvalue weighted by atomic mass is 10.3. The SMILES string of the molecule is CN=C(NCC(=O)Nc1ccc(F)cc1)N(C)CCOc1ccccc1.I. The van der Waals surface area contributed by atoms with Gasteiger partial charge in [-0.15, -0.1) is 24.0 Å². The van der Waals surface area contributed by atoms with Crippen molar-refractivity contribution < 1.29 is 13.9 Å². The second-order valence-corrected chi connectivity index (χ2v) is 5.54. The van der Waals surface area contributed by atoms with Crippen LogP contribution < -0.4 is 15.4 Å². The summed E-state index contributed by atoms with van der Waals surface area (Å²) in [4.78, 5) is 18.0. The van der Waals surface area contributed by atoms with Crippen molar-refractivity contribution in [3.8, 4) is 5.75 Å². The first-order chi connectivity index (χ1) is 12.6. The minimum absolute atomic E-state index is 0. The van der Waals surface area contributed by atoms with Crippen molar-refractivity contribution in [2.24, 2.45) is 4.99 Å². The molecule has 0 radical (unpaired) electrons. The lowest BCUT2D eigenvalue weighted by Gasteiger charge is -2.22. The lowest BCUT2D eigenvalue weighted by Crippen LogP contribution is -2.43. The Balaban J connectivity index is 0.00000364. The summed E-state index contributed by atoms with van der Waals surface area (Å²) < 4.78 is 18.5. The number of carbonyl (C=O) groups excluding carboxylic acids is 1. The van der Waals surface area contributed by atoms with Crippen LogP contribution >= 0.6 is 24.0 Å². The number of guanidine groups is 1. The summed E-state index contributed by atoms with van der Waals surface area (Å²) >= 11 is 0. The Bertz CT molecular complexity index is 726. The van der Waals surface area contributed by atoms with Gasteiger partial charge in [-0.1, -0.05) is 18.2 Å². The molecule has 27 heavy (non-hydrogen) atoms. The van der Waals surface area contributed by atoms with Gasteiger partial charge in [0.15, 0.2) is 5.96 Å². The highest BCUT2D eigenvalue weighted by Gasteiger charge is 2.09. The second kappa shape index (κ2) is 12.1. The molecule has 0 aliphatic carbocycles. The van der Waals surface area contributed by atoms with E-state index < -0.39 is 0 Å². The zero-order chi connectivity index (χ0) is 18.8. The highest BCUT2D eigenvalue weighted by Crippen LogP contribution is 2.08. The topological polar surface area (TPSA) is 66.0 Å². The smallest absolute Gasteiger partial charge is 0.243 e. The average molecular weight is 486 g/mol. The summed E-state index contributed by atoms with van der Waals surface area (Å²) in [5, 5.41) is 5.67. The monoisotopic (exact) mass is 486 g/mol. The fourth-order valence-electron chi connectivity index (χ4n) is 2.21. The average Bonchev–Trinajstić information content (AvgIpc) is 2.65. The highest BCUT2D eigenvalue weighted by molar-refractivity contribution is 14.0. The number of para-hydroxylation sites is 1. The van der Waals surface area contributed by atoms with E-state index in [9.17, 15) is 9.18 Å². The predicted molar refractivity (Wildman–Crippen MR) is 116 cm³/mol. The van der Waals surface area contributed by atoms with E-state index >= 15 is 0 Å². The molecule has 1 amide bonds. The van der Waals surface area contributed by atoms with Crippen LogP contribution in [0.1, 0.15) is 0 Å². The first kappa shape index (κ1) is 22.7. The maximum atomic E-state index is 12.9. The van der Waals surface area contributed by atoms with Crippen LogP contribution in [-0.4, -0.2) is 50.6 Å². The number of ether oxygens (including phenoxy) is 1. The van der Waals surface area contributed by atoms with Crippen molar-refractivity contribution in [3.63, 3.8) is 0 Å². The van der Waals surface area contributed by atoms with Crippen LogP contribution in [0, 0.1) is 5.82 Å². The third-order valence-corrected chi connectivity index (χ3v) is 3.55. The standard InChI is InChI=1S/C19H23FN4O2.HI/c1-21-19(24(2)12-13-26-17-6-4-3-5-7-17)22-14-18(25)23-16-10-8-15(20)9-11-16;/h3-11H,12-14H2,1-2H3,(H,21,22)(H,23,25);1H. The Morgan fingerprint density at radius 1 is 1.15 bits per heavy atom. The van der Waals surface area contributed by atoms with Crippen LogP contribution in [0.5, 0.6) is 5.75 Å². The molecule has 0 aliphatic heterocycles. The van der Waals surface area contributed by atoms with Crippen LogP contribution in [0.4, 0.5) is 10.1 Å². The molecule has 2 aromatic carbocycles. The van der Waals surface area contributed by atoms with Gasteiger partial charge < -0.3 is 20.3 Å². The number of carbonyl (C=O) groups is 1. The van der Waals surface area contributed by atoms with Crippen molar-refractivity contribution in [1.82, 2.24) is 10.2 Å². The zero-order valence-corrected chi connectivity index (χ0v) is 17.6. The normalized spacial score (nSPS) is 10.6. The summed E-state index contributed by atoms with van der Waals surface area (Å²) in [5.74, 6) is 0.797. The quantitative estimate of drug-likeness (QED) is 0.359. The Hall–Kier alpha value is -2.36. The summed E-state index contributed by atoms with van der Waals surface area (Å²) in [6, 6.07) is 15.2. The number of anilines is 1. The summed E-state index contributed by atoms with van der Waals surface area (Å²) in [6.45, 7) is 1.14. The third-order valence-electron chi connectivity index (χ3n) is 3.55. The third kappa shape index (κ3) is 8.25. The molecular formula is C19H24FIN4O2. The second-order valence-electron chi connectivity index (χ2n) is 5.54. The molecule has 0 saturated carbocycles. The van der Waals surface area contributed by atoms with E-state index in [2.05, 4.69) is 15.6 Å². The van der Waals surface area contributed by atoms with Crippen molar-refractivity contribution in [1.29, 1.82) is 0 Å². The number of benzene rings is 2. The maximum absolute atomic E-state index is 12.9. The van der Waals surface area contributed by atoms with Gasteiger partial charge in [0.25, 0.3) is 0 Å². The Kier molecular flexibility index (Phi) is 10.2. The van der Waals surface area contributed by atoms with Crippen molar-refractivity contribution in [2.45, 2.75) is 0 Å². The van der Waals surface area contributed by atoms with Crippen LogP contribution in [0.2, 0.25) is 0 Å². The number of nitrogens with zero attached hydrogens (tertiary/aromatic N) is 2. The molecule has 2 rings (SSSR count). The van der Waals surface area contributed by atoms with Gasteiger partial charge in [-0.05, 0) is 36.4 Å². The number of nitrogens with one attached hydrogen (secondary N) is 2. The highest BCUT2D eigenvalue weighted by atomic mass is 127. The van der Waals surface area contributed by atoms with E-state index in [0.717, 1.165) is 5.75 Å². The van der Waals surface area contributed by atoms with Gasteiger partial charge >= 0.3 is 0 Å². The maximum Gasteiger partial charge on any atom is 0.243 e. The fraction of sp³-hybridized carbons (Fsp3) is 0.263. The van der Waals surface area contributed by atoms with E-state index in [4.69, 9.17) is 4.74 Å². The minimum atomic E-state index is -0.346. The summed E-state index contributed by atoms with van der Waals surface area (Å²) in [7, 11) is 3.51. The number of amides is 1. The molecule has 6 nitrogen and oxygen atoms in total. The van der Waals surface area contributed by atoms with Crippen LogP contribution in [0.25, 0.3) is 0 Å². The summed E-state index contributed by atoms with van der Waals surface area (Å²) in [5.41, 5.74) is 0.540. The van der Waals surface area contributed by atoms with E-state index in [1.54, 1.807) is 7.05 Å². The van der Waals surface area contributed by atoms with Crippen molar-refractivity contribution >= 4 is 41.5 Å². The minimum Gasteiger partial charge on any atom is -0.492 e. The molecule has 146 valence electrons. The molecule has 0 unspecified atom stereocenters. The fourth-order valence-corrected chi connectivity index (χ4v) is 2.21. The molecule has 0 heterocycles. The van der Waals surface area contributed by atoms with Crippen molar-refractivity contribution in [3.05, 3.63) is 60.4 Å². The van der Waals surface area contributed by atoms with Gasteiger partial charge in [-0.25, -0.2) is 4.39 Å². The molecule has 0 aliphatic rings. The van der Waals surface area contributed by atoms with E-state index in [-0.39, 0.29) is 42.2 Å². The molecule has 2 aromatic rings. The van der Waals surface area contributed by atoms with E-state index in [1.807, 2.05) is 42.3 Å². The van der Waals surface area contributed by atoms with Gasteiger partial charge in [-0.2, -0.15) is 0 Å². The molecule has 2 N–H and O–H groups in total. The summed E-state index contributed by atoms with van der Waals surface area (Å²) in [6.07, 6.45) is 0. The number of hydrogen-bond acceptors (Lipinski definition) is 3. The predicted octanol–water partition coefficient (Wildman–Crippen LogP) is 2.97. The first-order valence-electron chi connectivity index (χ1n) is 8.23. The molecular weight excluding hydrogens is 462 g/mol. The Labute approximate surface area is 175 Å². The zero-order valence-electron chi connectivity index (χ0n) is 15.3. The molecule has 0 aromatic heterocycles. The van der Waals surface area contributed by atoms with Crippen molar-refractivity contribution in [2.75, 3.05) is 39.1 Å². The first-order valence-corrected chi connectivity index (χ1v) is 8.23. The van der Waals surface area contributed by atoms with Crippen LogP contribution in [0.3, 0.4) is 0 Å². The molecule has 0 spiro atoms. The van der Waals surface area contributed by atoms with E-state index in [0.29, 0.717) is 24.8 Å². The molecule has 0 bridgehead atoms. The number of likely N-dealkylation sites (N-methyl/N-ethyl adjacent to an activating group) is 1. The molecule has 0 fully saturated rings. The number of halogens is 2. The molecule has 0 saturated heterocycles. The number of aliphatic imine (C=N–C) groups is 1. The van der Waals surface area contributed by atoms with E-state index in [1.165, 1.54) is 24.3 Å². The lowest BCUT2D eigenvalue weighted by molar-refractivity contribution is -0.115. The van der Waals surface area contributed by atoms with Gasteiger partial charge in [0.1, 0.15) is 18.2 Å². The van der Waals surface area contributed by atoms with Crippen LogP contribution in [-0.2, 0) is 4.79 Å². The van der Waals surface area contributed by atoms with Gasteiger partial charge in [0.2, 0.25) is 5.91 Å². The number of rotatable bonds is 7.